The van der Waals surface area contributed by atoms with Crippen molar-refractivity contribution >= 4 is 12.0 Å². The van der Waals surface area contributed by atoms with Crippen LogP contribution in [0.4, 0.5) is 4.79 Å². The zero-order chi connectivity index (χ0) is 16.5. The lowest BCUT2D eigenvalue weighted by atomic mass is 9.97. The summed E-state index contributed by atoms with van der Waals surface area (Å²) < 4.78 is 5.49. The molecule has 0 aromatic rings. The van der Waals surface area contributed by atoms with E-state index < -0.39 is 17.6 Å². The molecule has 2 fully saturated rings. The second kappa shape index (κ2) is 6.42. The van der Waals surface area contributed by atoms with Gasteiger partial charge in [0.1, 0.15) is 11.7 Å². The number of aliphatic hydroxyl groups is 1. The first-order chi connectivity index (χ1) is 10.2. The zero-order valence-corrected chi connectivity index (χ0v) is 13.5. The lowest BCUT2D eigenvalue weighted by Gasteiger charge is -2.39. The number of nitrogens with zero attached hydrogens (tertiary/aromatic N) is 1. The van der Waals surface area contributed by atoms with E-state index >= 15 is 0 Å². The van der Waals surface area contributed by atoms with E-state index in [0.29, 0.717) is 0 Å². The summed E-state index contributed by atoms with van der Waals surface area (Å²) in [5.74, 6) is -0.721. The van der Waals surface area contributed by atoms with Crippen LogP contribution in [0.2, 0.25) is 0 Å². The predicted molar refractivity (Wildman–Crippen MR) is 81.1 cm³/mol. The first-order valence-corrected chi connectivity index (χ1v) is 7.89. The highest BCUT2D eigenvalue weighted by Gasteiger charge is 2.44. The van der Waals surface area contributed by atoms with Crippen molar-refractivity contribution in [2.24, 2.45) is 5.73 Å². The number of carbonyl (C=O) groups excluding carboxylic acids is 2. The molecule has 0 aromatic heterocycles. The van der Waals surface area contributed by atoms with Crippen LogP contribution in [0.3, 0.4) is 0 Å². The first-order valence-electron chi connectivity index (χ1n) is 7.89. The number of carbonyl (C=O) groups is 2. The minimum atomic E-state index is -1.17. The number of hydrogen-bond acceptors (Lipinski definition) is 5. The molecule has 0 radical (unpaired) electrons. The third-order valence-electron chi connectivity index (χ3n) is 4.27. The molecule has 2 aliphatic rings. The monoisotopic (exact) mass is 313 g/mol. The Morgan fingerprint density at radius 1 is 1.32 bits per heavy atom. The summed E-state index contributed by atoms with van der Waals surface area (Å²) >= 11 is 0. The summed E-state index contributed by atoms with van der Waals surface area (Å²) in [6, 6.07) is 0.513. The predicted octanol–water partition coefficient (Wildman–Crippen LogP) is 0.353. The molecule has 3 atom stereocenters. The fourth-order valence-electron chi connectivity index (χ4n) is 3.34. The number of amides is 2. The van der Waals surface area contributed by atoms with Gasteiger partial charge in [0.05, 0.1) is 0 Å². The third kappa shape index (κ3) is 4.10. The molecule has 2 amide bonds. The SMILES string of the molecule is CC(C)(C)OC(=O)N1C2CCC1CC(NCC(O)C(N)=O)C2. The highest BCUT2D eigenvalue weighted by molar-refractivity contribution is 5.78. The number of fused-ring (bicyclic) bond motifs is 2. The molecule has 7 nitrogen and oxygen atoms in total. The van der Waals surface area contributed by atoms with Gasteiger partial charge in [-0.2, -0.15) is 0 Å². The van der Waals surface area contributed by atoms with Gasteiger partial charge in [-0.25, -0.2) is 4.79 Å². The van der Waals surface area contributed by atoms with E-state index in [1.54, 1.807) is 0 Å². The van der Waals surface area contributed by atoms with Gasteiger partial charge in [0.15, 0.2) is 0 Å². The molecule has 2 rings (SSSR count). The summed E-state index contributed by atoms with van der Waals surface area (Å²) in [5.41, 5.74) is 4.55. The Bertz CT molecular complexity index is 421. The molecule has 0 aromatic carbocycles. The summed E-state index contributed by atoms with van der Waals surface area (Å²) in [6.07, 6.45) is 2.15. The summed E-state index contributed by atoms with van der Waals surface area (Å²) in [5, 5.41) is 12.6. The van der Waals surface area contributed by atoms with Gasteiger partial charge in [-0.15, -0.1) is 0 Å². The van der Waals surface area contributed by atoms with Crippen LogP contribution in [0.5, 0.6) is 0 Å². The molecule has 22 heavy (non-hydrogen) atoms. The molecular weight excluding hydrogens is 286 g/mol. The van der Waals surface area contributed by atoms with Crippen molar-refractivity contribution in [2.45, 2.75) is 76.3 Å². The normalized spacial score (nSPS) is 29.3. The molecular formula is C15H27N3O4. The van der Waals surface area contributed by atoms with Crippen LogP contribution >= 0.6 is 0 Å². The van der Waals surface area contributed by atoms with Gasteiger partial charge in [0.2, 0.25) is 5.91 Å². The van der Waals surface area contributed by atoms with Crippen LogP contribution < -0.4 is 11.1 Å². The van der Waals surface area contributed by atoms with Gasteiger partial charge in [-0.05, 0) is 46.5 Å². The molecule has 2 aliphatic heterocycles. The fourth-order valence-corrected chi connectivity index (χ4v) is 3.34. The molecule has 2 heterocycles. The highest BCUT2D eigenvalue weighted by atomic mass is 16.6. The molecule has 0 saturated carbocycles. The maximum Gasteiger partial charge on any atom is 0.410 e. The second-order valence-electron chi connectivity index (χ2n) is 7.27. The molecule has 7 heteroatoms. The summed E-state index contributed by atoms with van der Waals surface area (Å²) in [6.45, 7) is 5.76. The molecule has 4 N–H and O–H groups in total. The minimum absolute atomic E-state index is 0.159. The van der Waals surface area contributed by atoms with Crippen molar-refractivity contribution in [1.29, 1.82) is 0 Å². The smallest absolute Gasteiger partial charge is 0.410 e. The number of piperidine rings is 1. The van der Waals surface area contributed by atoms with Crippen LogP contribution in [-0.2, 0) is 9.53 Å². The van der Waals surface area contributed by atoms with Crippen molar-refractivity contribution in [3.8, 4) is 0 Å². The van der Waals surface area contributed by atoms with Crippen molar-refractivity contribution in [1.82, 2.24) is 10.2 Å². The Hall–Kier alpha value is -1.34. The van der Waals surface area contributed by atoms with Gasteiger partial charge in [-0.1, -0.05) is 0 Å². The number of nitrogens with two attached hydrogens (primary N) is 1. The number of ether oxygens (including phenoxy) is 1. The zero-order valence-electron chi connectivity index (χ0n) is 13.5. The molecule has 0 spiro atoms. The maximum absolute atomic E-state index is 12.3. The van der Waals surface area contributed by atoms with Gasteiger partial charge in [0.25, 0.3) is 0 Å². The second-order valence-corrected chi connectivity index (χ2v) is 7.27. The topological polar surface area (TPSA) is 105 Å². The Labute approximate surface area is 131 Å². The fraction of sp³-hybridized carbons (Fsp3) is 0.867. The van der Waals surface area contributed by atoms with E-state index in [2.05, 4.69) is 5.32 Å². The maximum atomic E-state index is 12.3. The minimum Gasteiger partial charge on any atom is -0.444 e. The number of rotatable bonds is 4. The third-order valence-corrected chi connectivity index (χ3v) is 4.27. The first kappa shape index (κ1) is 17.0. The van der Waals surface area contributed by atoms with Crippen molar-refractivity contribution in [3.05, 3.63) is 0 Å². The summed E-state index contributed by atoms with van der Waals surface area (Å²) in [4.78, 5) is 25.0. The van der Waals surface area contributed by atoms with Crippen LogP contribution in [0.1, 0.15) is 46.5 Å². The van der Waals surface area contributed by atoms with Gasteiger partial charge < -0.3 is 25.8 Å². The van der Waals surface area contributed by atoms with Gasteiger partial charge >= 0.3 is 6.09 Å². The van der Waals surface area contributed by atoms with Crippen molar-refractivity contribution < 1.29 is 19.4 Å². The molecule has 126 valence electrons. The van der Waals surface area contributed by atoms with E-state index in [1.807, 2.05) is 25.7 Å². The quantitative estimate of drug-likeness (QED) is 0.695. The van der Waals surface area contributed by atoms with E-state index in [-0.39, 0.29) is 30.8 Å². The standard InChI is InChI=1S/C15H27N3O4/c1-15(2,3)22-14(21)18-10-4-5-11(18)7-9(6-10)17-8-12(19)13(16)20/h9-12,17,19H,4-8H2,1-3H3,(H2,16,20). The number of nitrogens with one attached hydrogen (secondary N) is 1. The highest BCUT2D eigenvalue weighted by Crippen LogP contribution is 2.36. The van der Waals surface area contributed by atoms with Crippen molar-refractivity contribution in [2.75, 3.05) is 6.54 Å². The Morgan fingerprint density at radius 2 is 1.86 bits per heavy atom. The van der Waals surface area contributed by atoms with Crippen LogP contribution in [-0.4, -0.2) is 58.4 Å². The molecule has 2 bridgehead atoms. The molecule has 3 unspecified atom stereocenters. The lowest BCUT2D eigenvalue weighted by molar-refractivity contribution is -0.125. The van der Waals surface area contributed by atoms with Crippen LogP contribution in [0.15, 0.2) is 0 Å². The number of hydrogen-bond donors (Lipinski definition) is 3. The molecule has 0 aliphatic carbocycles. The Balaban J connectivity index is 1.89. The average Bonchev–Trinajstić information content (AvgIpc) is 2.65. The molecule has 2 saturated heterocycles. The Morgan fingerprint density at radius 3 is 2.32 bits per heavy atom. The van der Waals surface area contributed by atoms with Gasteiger partial charge in [0, 0.05) is 24.7 Å². The van der Waals surface area contributed by atoms with Gasteiger partial charge in [-0.3, -0.25) is 4.79 Å². The lowest BCUT2D eigenvalue weighted by Crippen LogP contribution is -2.53. The largest absolute Gasteiger partial charge is 0.444 e. The Kier molecular flexibility index (Phi) is 4.97. The van der Waals surface area contributed by atoms with E-state index in [0.717, 1.165) is 25.7 Å². The number of primary amides is 1. The van der Waals surface area contributed by atoms with E-state index in [4.69, 9.17) is 10.5 Å². The summed E-state index contributed by atoms with van der Waals surface area (Å²) in [7, 11) is 0. The van der Waals surface area contributed by atoms with E-state index in [9.17, 15) is 14.7 Å². The van der Waals surface area contributed by atoms with Crippen molar-refractivity contribution in [3.63, 3.8) is 0 Å². The van der Waals surface area contributed by atoms with Crippen LogP contribution in [0, 0.1) is 0 Å². The number of aliphatic hydroxyl groups excluding tert-OH is 1. The van der Waals surface area contributed by atoms with Crippen LogP contribution in [0.25, 0.3) is 0 Å². The average molecular weight is 313 g/mol. The van der Waals surface area contributed by atoms with E-state index in [1.165, 1.54) is 0 Å².